The first-order chi connectivity index (χ1) is 14.8. The lowest BCUT2D eigenvalue weighted by atomic mass is 10.0. The molecule has 0 aliphatic carbocycles. The topological polar surface area (TPSA) is 124 Å². The van der Waals surface area contributed by atoms with Crippen molar-refractivity contribution >= 4 is 23.0 Å². The van der Waals surface area contributed by atoms with E-state index in [0.29, 0.717) is 0 Å². The fourth-order valence-electron chi connectivity index (χ4n) is 2.72. The average molecular weight is 457 g/mol. The van der Waals surface area contributed by atoms with Crippen LogP contribution >= 0.6 is 11.3 Å². The lowest BCUT2D eigenvalue weighted by Gasteiger charge is -2.17. The third-order valence-corrected chi connectivity index (χ3v) is 4.89. The molecule has 0 unspecified atom stereocenters. The maximum Gasteiger partial charge on any atom is 0.418 e. The number of hydrogen-bond donors (Lipinski definition) is 1. The van der Waals surface area contributed by atoms with Gasteiger partial charge in [0.1, 0.15) is 11.1 Å². The summed E-state index contributed by atoms with van der Waals surface area (Å²) in [5.74, 6) is 1.12. The van der Waals surface area contributed by atoms with E-state index in [1.807, 2.05) is 66.0 Å². The number of phenols is 1. The standard InChI is InChI=1S/C23H16O2S.ClHO4/c24-20-13-11-17(12-14-20)15-21(18-7-3-1-4-8-18)23-25-22(16-26-23)19-9-5-2-6-10-19;2-1(3,4)5/h1-16H;(H,2,3,4,5)/b21-15+;. The van der Waals surface area contributed by atoms with Crippen molar-refractivity contribution in [2.45, 2.75) is 0 Å². The van der Waals surface area contributed by atoms with Gasteiger partial charge in [0, 0.05) is 0 Å². The van der Waals surface area contributed by atoms with Crippen molar-refractivity contribution in [3.8, 4) is 17.1 Å². The summed E-state index contributed by atoms with van der Waals surface area (Å²) in [4.78, 5) is 0. The van der Waals surface area contributed by atoms with Crippen LogP contribution in [0.4, 0.5) is 0 Å². The fraction of sp³-hybridized carbons (Fsp3) is 0. The van der Waals surface area contributed by atoms with Crippen LogP contribution < -0.4 is 18.6 Å². The number of benzene rings is 3. The molecule has 6 nitrogen and oxygen atoms in total. The molecule has 0 fully saturated rings. The number of halogens is 1. The van der Waals surface area contributed by atoms with Gasteiger partial charge in [0.05, 0.1) is 11.1 Å². The molecule has 0 atom stereocenters. The zero-order chi connectivity index (χ0) is 22.3. The van der Waals surface area contributed by atoms with Gasteiger partial charge >= 0.3 is 10.8 Å². The van der Waals surface area contributed by atoms with Crippen LogP contribution in [0.3, 0.4) is 0 Å². The second-order valence-electron chi connectivity index (χ2n) is 6.25. The summed E-state index contributed by atoms with van der Waals surface area (Å²) in [6.07, 6.45) is 2.08. The summed E-state index contributed by atoms with van der Waals surface area (Å²) in [6.45, 7) is 0. The van der Waals surface area contributed by atoms with E-state index in [0.717, 1.165) is 33.1 Å². The number of phenolic OH excluding ortho intramolecular Hbond substituents is 1. The van der Waals surface area contributed by atoms with E-state index in [2.05, 4.69) is 18.2 Å². The van der Waals surface area contributed by atoms with Crippen LogP contribution in [-0.4, -0.2) is 5.11 Å². The highest BCUT2D eigenvalue weighted by Gasteiger charge is 2.24. The highest BCUT2D eigenvalue weighted by molar-refractivity contribution is 7.11. The summed E-state index contributed by atoms with van der Waals surface area (Å²) in [5, 5.41) is 12.4. The van der Waals surface area contributed by atoms with Gasteiger partial charge in [0.2, 0.25) is 0 Å². The molecule has 0 bridgehead atoms. The van der Waals surface area contributed by atoms with E-state index in [1.165, 1.54) is 0 Å². The Hall–Kier alpha value is -3.04. The van der Waals surface area contributed by atoms with Crippen LogP contribution in [0.1, 0.15) is 16.2 Å². The average Bonchev–Trinajstić information content (AvgIpc) is 3.23. The van der Waals surface area contributed by atoms with Gasteiger partial charge in [-0.1, -0.05) is 60.7 Å². The van der Waals surface area contributed by atoms with Crippen LogP contribution in [-0.2, 0) is 0 Å². The summed E-state index contributed by atoms with van der Waals surface area (Å²) in [5.41, 5.74) is 4.17. The van der Waals surface area contributed by atoms with Crippen molar-refractivity contribution in [3.05, 3.63) is 107 Å². The van der Waals surface area contributed by atoms with Crippen molar-refractivity contribution < 1.29 is 38.4 Å². The predicted octanol–water partition coefficient (Wildman–Crippen LogP) is 1.83. The molecule has 4 aromatic rings. The zero-order valence-electron chi connectivity index (χ0n) is 16.0. The first kappa shape index (κ1) is 22.6. The monoisotopic (exact) mass is 456 g/mol. The molecule has 3 aromatic carbocycles. The lowest BCUT2D eigenvalue weighted by Crippen LogP contribution is -2.68. The molecule has 0 saturated carbocycles. The van der Waals surface area contributed by atoms with Crippen LogP contribution in [0.2, 0.25) is 0 Å². The van der Waals surface area contributed by atoms with Gasteiger partial charge in [0.25, 0.3) is 0 Å². The normalized spacial score (nSPS) is 11.5. The highest BCUT2D eigenvalue weighted by atomic mass is 35.7. The quantitative estimate of drug-likeness (QED) is 0.369. The molecule has 0 aliphatic heterocycles. The molecule has 0 spiro atoms. The molecule has 0 saturated heterocycles. The van der Waals surface area contributed by atoms with Gasteiger partial charge < -0.3 is 5.11 Å². The Morgan fingerprint density at radius 3 is 1.94 bits per heavy atom. The summed E-state index contributed by atoms with van der Waals surface area (Å²) < 4.78 is 40.2. The Bertz CT molecular complexity index is 1110. The van der Waals surface area contributed by atoms with Crippen molar-refractivity contribution in [1.82, 2.24) is 0 Å². The number of hydrogen-bond acceptors (Lipinski definition) is 6. The molecular formula is C23H17ClO6S. The predicted molar refractivity (Wildman–Crippen MR) is 108 cm³/mol. The van der Waals surface area contributed by atoms with Crippen molar-refractivity contribution in [2.24, 2.45) is 0 Å². The summed E-state index contributed by atoms with van der Waals surface area (Å²) in [7, 11) is -4.94. The van der Waals surface area contributed by atoms with E-state index in [-0.39, 0.29) is 5.75 Å². The molecule has 0 radical (unpaired) electrons. The van der Waals surface area contributed by atoms with Gasteiger partial charge in [0.15, 0.2) is 0 Å². The Balaban J connectivity index is 0.000000491. The highest BCUT2D eigenvalue weighted by Crippen LogP contribution is 2.34. The Morgan fingerprint density at radius 1 is 0.806 bits per heavy atom. The van der Waals surface area contributed by atoms with Gasteiger partial charge in [-0.2, -0.15) is 4.42 Å². The molecule has 0 amide bonds. The minimum Gasteiger partial charge on any atom is -0.508 e. The number of aromatic hydroxyl groups is 1. The van der Waals surface area contributed by atoms with E-state index >= 15 is 0 Å². The molecule has 158 valence electrons. The third kappa shape index (κ3) is 7.30. The smallest absolute Gasteiger partial charge is 0.418 e. The summed E-state index contributed by atoms with van der Waals surface area (Å²) >= 11 is 1.59. The van der Waals surface area contributed by atoms with E-state index < -0.39 is 10.2 Å². The Labute approximate surface area is 185 Å². The molecule has 0 aliphatic rings. The lowest BCUT2D eigenvalue weighted by molar-refractivity contribution is -2.00. The molecule has 31 heavy (non-hydrogen) atoms. The fourth-order valence-corrected chi connectivity index (χ4v) is 3.56. The number of rotatable bonds is 4. The first-order valence-corrected chi connectivity index (χ1v) is 11.1. The van der Waals surface area contributed by atoms with E-state index in [9.17, 15) is 5.11 Å². The van der Waals surface area contributed by atoms with Crippen molar-refractivity contribution in [2.75, 3.05) is 0 Å². The van der Waals surface area contributed by atoms with Crippen LogP contribution in [0.15, 0.2) is 94.7 Å². The second kappa shape index (κ2) is 10.3. The van der Waals surface area contributed by atoms with Gasteiger partial charge in [-0.25, -0.2) is 18.6 Å². The maximum atomic E-state index is 9.52. The van der Waals surface area contributed by atoms with Crippen LogP contribution in [0.5, 0.6) is 5.75 Å². The van der Waals surface area contributed by atoms with Gasteiger partial charge in [-0.3, -0.25) is 0 Å². The summed E-state index contributed by atoms with van der Waals surface area (Å²) in [6, 6.07) is 27.4. The Kier molecular flexibility index (Phi) is 7.54. The minimum absolute atomic E-state index is 0.260. The molecule has 1 heterocycles. The molecule has 1 aromatic heterocycles. The molecule has 4 rings (SSSR count). The second-order valence-corrected chi connectivity index (χ2v) is 7.85. The van der Waals surface area contributed by atoms with Crippen molar-refractivity contribution in [1.29, 1.82) is 0 Å². The molecule has 8 heteroatoms. The van der Waals surface area contributed by atoms with Crippen LogP contribution in [0, 0.1) is 10.2 Å². The van der Waals surface area contributed by atoms with E-state index in [4.69, 9.17) is 23.1 Å². The zero-order valence-corrected chi connectivity index (χ0v) is 17.6. The van der Waals surface area contributed by atoms with Crippen LogP contribution in [0.25, 0.3) is 23.0 Å². The Morgan fingerprint density at radius 2 is 1.35 bits per heavy atom. The first-order valence-electron chi connectivity index (χ1n) is 8.95. The largest absolute Gasteiger partial charge is 0.508 e. The molecule has 1 N–H and O–H groups in total. The van der Waals surface area contributed by atoms with Crippen molar-refractivity contribution in [3.63, 3.8) is 0 Å². The third-order valence-electron chi connectivity index (χ3n) is 4.04. The maximum absolute atomic E-state index is 9.52. The van der Waals surface area contributed by atoms with E-state index in [1.54, 1.807) is 23.5 Å². The SMILES string of the molecule is Oc1ccc(/C=C(\c2ccccc2)c2[o+]c(-c3ccccc3)cs2)cc1.[O-][Cl+3]([O-])([O-])[O-]. The van der Waals surface area contributed by atoms with Gasteiger partial charge in [-0.05, 0) is 52.8 Å². The molecular weight excluding hydrogens is 440 g/mol. The van der Waals surface area contributed by atoms with Gasteiger partial charge in [-0.15, -0.1) is 10.2 Å². The minimum atomic E-state index is -4.94.